The van der Waals surface area contributed by atoms with Gasteiger partial charge in [-0.05, 0) is 22.4 Å². The Kier molecular flexibility index (Phi) is 3.46. The second-order valence-electron chi connectivity index (χ2n) is 4.03. The van der Waals surface area contributed by atoms with Crippen molar-refractivity contribution in [3.05, 3.63) is 26.9 Å². The van der Waals surface area contributed by atoms with Crippen molar-refractivity contribution < 1.29 is 9.72 Å². The molecule has 1 fully saturated rings. The molecule has 0 aromatic carbocycles. The van der Waals surface area contributed by atoms with Gasteiger partial charge in [0.1, 0.15) is 18.1 Å². The van der Waals surface area contributed by atoms with E-state index in [9.17, 15) is 14.9 Å². The van der Waals surface area contributed by atoms with E-state index in [1.54, 1.807) is 11.9 Å². The SMILES string of the molecule is CN1CCC(Nc2ncc([N+](=O)[O-])cc2Br)C1=O. The number of nitrogens with one attached hydrogen (secondary N) is 1. The molecule has 1 aliphatic rings. The number of aromatic nitrogens is 1. The molecule has 1 aromatic rings. The summed E-state index contributed by atoms with van der Waals surface area (Å²) in [5.74, 6) is 0.441. The molecule has 0 bridgehead atoms. The van der Waals surface area contributed by atoms with Crippen molar-refractivity contribution in [3.63, 3.8) is 0 Å². The molecule has 1 aliphatic heterocycles. The van der Waals surface area contributed by atoms with Crippen LogP contribution in [0.5, 0.6) is 0 Å². The normalized spacial score (nSPS) is 19.1. The van der Waals surface area contributed by atoms with Gasteiger partial charge in [-0.2, -0.15) is 0 Å². The third kappa shape index (κ3) is 2.42. The molecule has 18 heavy (non-hydrogen) atoms. The van der Waals surface area contributed by atoms with Crippen molar-refractivity contribution in [2.45, 2.75) is 12.5 Å². The van der Waals surface area contributed by atoms with E-state index in [0.29, 0.717) is 23.3 Å². The van der Waals surface area contributed by atoms with E-state index in [2.05, 4.69) is 26.2 Å². The van der Waals surface area contributed by atoms with Gasteiger partial charge in [-0.25, -0.2) is 4.98 Å². The van der Waals surface area contributed by atoms with Gasteiger partial charge in [0.25, 0.3) is 5.69 Å². The summed E-state index contributed by atoms with van der Waals surface area (Å²) in [4.78, 5) is 27.3. The van der Waals surface area contributed by atoms with Gasteiger partial charge in [0.05, 0.1) is 9.40 Å². The van der Waals surface area contributed by atoms with Crippen LogP contribution in [0.3, 0.4) is 0 Å². The van der Waals surface area contributed by atoms with Crippen LogP contribution >= 0.6 is 15.9 Å². The summed E-state index contributed by atoms with van der Waals surface area (Å²) in [6.45, 7) is 0.696. The molecule has 7 nitrogen and oxygen atoms in total. The molecule has 0 saturated carbocycles. The lowest BCUT2D eigenvalue weighted by molar-refractivity contribution is -0.385. The Morgan fingerprint density at radius 2 is 2.39 bits per heavy atom. The van der Waals surface area contributed by atoms with Crippen LogP contribution in [0.25, 0.3) is 0 Å². The van der Waals surface area contributed by atoms with Crippen LogP contribution in [-0.2, 0) is 4.79 Å². The summed E-state index contributed by atoms with van der Waals surface area (Å²) in [6.07, 6.45) is 1.86. The van der Waals surface area contributed by atoms with Gasteiger partial charge in [-0.15, -0.1) is 0 Å². The maximum Gasteiger partial charge on any atom is 0.288 e. The van der Waals surface area contributed by atoms with Crippen molar-refractivity contribution in [3.8, 4) is 0 Å². The molecule has 1 aromatic heterocycles. The smallest absolute Gasteiger partial charge is 0.288 e. The fourth-order valence-corrected chi connectivity index (χ4v) is 2.21. The second-order valence-corrected chi connectivity index (χ2v) is 4.88. The molecular weight excluding hydrogens is 304 g/mol. The predicted octanol–water partition coefficient (Wildman–Crippen LogP) is 1.39. The minimum atomic E-state index is -0.518. The number of rotatable bonds is 3. The standard InChI is InChI=1S/C10H11BrN4O3/c1-14-3-2-8(10(14)16)13-9-7(11)4-6(5-12-9)15(17)18/h4-5,8H,2-3H2,1H3,(H,12,13). The number of nitrogens with zero attached hydrogens (tertiary/aromatic N) is 3. The van der Waals surface area contributed by atoms with Crippen molar-refractivity contribution in [1.82, 2.24) is 9.88 Å². The first-order valence-corrected chi connectivity index (χ1v) is 6.10. The molecule has 0 spiro atoms. The van der Waals surface area contributed by atoms with E-state index >= 15 is 0 Å². The zero-order chi connectivity index (χ0) is 13.3. The first kappa shape index (κ1) is 12.7. The summed E-state index contributed by atoms with van der Waals surface area (Å²) in [5.41, 5.74) is -0.0951. The Labute approximate surface area is 111 Å². The highest BCUT2D eigenvalue weighted by atomic mass is 79.9. The molecule has 0 aliphatic carbocycles. The summed E-state index contributed by atoms with van der Waals surface area (Å²) in [5, 5.41) is 13.6. The Balaban J connectivity index is 2.15. The van der Waals surface area contributed by atoms with Gasteiger partial charge < -0.3 is 10.2 Å². The molecule has 0 radical (unpaired) electrons. The number of likely N-dealkylation sites (N-methyl/N-ethyl adjacent to an activating group) is 1. The van der Waals surface area contributed by atoms with Crippen molar-refractivity contribution in [2.75, 3.05) is 18.9 Å². The number of hydrogen-bond acceptors (Lipinski definition) is 5. The Hall–Kier alpha value is -1.70. The number of amides is 1. The first-order valence-electron chi connectivity index (χ1n) is 5.30. The number of anilines is 1. The molecule has 2 heterocycles. The molecule has 96 valence electrons. The third-order valence-electron chi connectivity index (χ3n) is 2.78. The summed E-state index contributed by atoms with van der Waals surface area (Å²) in [6, 6.07) is 1.04. The maximum atomic E-state index is 11.7. The van der Waals surface area contributed by atoms with E-state index in [1.165, 1.54) is 6.07 Å². The minimum Gasteiger partial charge on any atom is -0.357 e. The van der Waals surface area contributed by atoms with Gasteiger partial charge in [0, 0.05) is 19.7 Å². The fourth-order valence-electron chi connectivity index (χ4n) is 1.76. The molecule has 1 atom stereocenters. The van der Waals surface area contributed by atoms with E-state index < -0.39 is 4.92 Å². The Morgan fingerprint density at radius 3 is 2.89 bits per heavy atom. The summed E-state index contributed by atoms with van der Waals surface area (Å²) in [7, 11) is 1.74. The van der Waals surface area contributed by atoms with E-state index in [-0.39, 0.29) is 17.6 Å². The van der Waals surface area contributed by atoms with Gasteiger partial charge in [0.2, 0.25) is 5.91 Å². The second kappa shape index (κ2) is 4.89. The van der Waals surface area contributed by atoms with Crippen LogP contribution < -0.4 is 5.32 Å². The average Bonchev–Trinajstić information content (AvgIpc) is 2.63. The van der Waals surface area contributed by atoms with Crippen LogP contribution in [0.1, 0.15) is 6.42 Å². The van der Waals surface area contributed by atoms with Crippen LogP contribution in [0.2, 0.25) is 0 Å². The lowest BCUT2D eigenvalue weighted by atomic mass is 10.2. The topological polar surface area (TPSA) is 88.4 Å². The molecule has 8 heteroatoms. The van der Waals surface area contributed by atoms with Gasteiger partial charge >= 0.3 is 0 Å². The lowest BCUT2D eigenvalue weighted by Crippen LogP contribution is -2.31. The zero-order valence-corrected chi connectivity index (χ0v) is 11.2. The first-order chi connectivity index (χ1) is 8.49. The van der Waals surface area contributed by atoms with Crippen molar-refractivity contribution in [2.24, 2.45) is 0 Å². The molecule has 1 N–H and O–H groups in total. The summed E-state index contributed by atoms with van der Waals surface area (Å²) >= 11 is 3.20. The van der Waals surface area contributed by atoms with Crippen LogP contribution in [-0.4, -0.2) is 40.3 Å². The van der Waals surface area contributed by atoms with Gasteiger partial charge in [-0.1, -0.05) is 0 Å². The average molecular weight is 315 g/mol. The van der Waals surface area contributed by atoms with E-state index in [1.807, 2.05) is 0 Å². The lowest BCUT2D eigenvalue weighted by Gasteiger charge is -2.13. The fraction of sp³-hybridized carbons (Fsp3) is 0.400. The highest BCUT2D eigenvalue weighted by molar-refractivity contribution is 9.10. The Morgan fingerprint density at radius 1 is 1.67 bits per heavy atom. The Bertz CT molecular complexity index is 508. The van der Waals surface area contributed by atoms with Gasteiger partial charge in [0.15, 0.2) is 0 Å². The van der Waals surface area contributed by atoms with Crippen molar-refractivity contribution >= 4 is 33.3 Å². The zero-order valence-electron chi connectivity index (χ0n) is 9.59. The van der Waals surface area contributed by atoms with E-state index in [0.717, 1.165) is 6.20 Å². The predicted molar refractivity (Wildman–Crippen MR) is 68.3 cm³/mol. The molecule has 1 unspecified atom stereocenters. The number of carbonyl (C=O) groups excluding carboxylic acids is 1. The largest absolute Gasteiger partial charge is 0.357 e. The van der Waals surface area contributed by atoms with E-state index in [4.69, 9.17) is 0 Å². The van der Waals surface area contributed by atoms with Gasteiger partial charge in [-0.3, -0.25) is 14.9 Å². The number of nitro groups is 1. The number of hydrogen-bond donors (Lipinski definition) is 1. The highest BCUT2D eigenvalue weighted by Crippen LogP contribution is 2.26. The number of carbonyl (C=O) groups is 1. The third-order valence-corrected chi connectivity index (χ3v) is 3.38. The van der Waals surface area contributed by atoms with Crippen LogP contribution in [0.15, 0.2) is 16.7 Å². The molecule has 1 saturated heterocycles. The monoisotopic (exact) mass is 314 g/mol. The highest BCUT2D eigenvalue weighted by Gasteiger charge is 2.29. The quantitative estimate of drug-likeness (QED) is 0.673. The number of halogens is 1. The molecule has 1 amide bonds. The minimum absolute atomic E-state index is 0.00190. The van der Waals surface area contributed by atoms with Crippen LogP contribution in [0.4, 0.5) is 11.5 Å². The molecular formula is C10H11BrN4O3. The number of likely N-dealkylation sites (tertiary alicyclic amines) is 1. The van der Waals surface area contributed by atoms with Crippen LogP contribution in [0, 0.1) is 10.1 Å². The summed E-state index contributed by atoms with van der Waals surface area (Å²) < 4.78 is 0.471. The number of pyridine rings is 1. The van der Waals surface area contributed by atoms with Crippen molar-refractivity contribution in [1.29, 1.82) is 0 Å². The maximum absolute atomic E-state index is 11.7. The molecule has 2 rings (SSSR count).